The molecular weight excluding hydrogens is 324 g/mol. The van der Waals surface area contributed by atoms with Gasteiger partial charge in [-0.15, -0.1) is 0 Å². The molecule has 26 heavy (non-hydrogen) atoms. The van der Waals surface area contributed by atoms with Crippen LogP contribution in [0.5, 0.6) is 0 Å². The summed E-state index contributed by atoms with van der Waals surface area (Å²) >= 11 is 0. The normalized spacial score (nSPS) is 14.7. The van der Waals surface area contributed by atoms with Gasteiger partial charge in [0.1, 0.15) is 0 Å². The van der Waals surface area contributed by atoms with E-state index in [-0.39, 0.29) is 18.0 Å². The van der Waals surface area contributed by atoms with Crippen molar-refractivity contribution in [1.29, 1.82) is 0 Å². The van der Waals surface area contributed by atoms with Crippen molar-refractivity contribution in [2.24, 2.45) is 0 Å². The summed E-state index contributed by atoms with van der Waals surface area (Å²) in [5.41, 5.74) is 2.35. The molecule has 0 bridgehead atoms. The molecule has 1 fully saturated rings. The zero-order chi connectivity index (χ0) is 17.9. The molecule has 0 unspecified atom stereocenters. The first-order valence-corrected chi connectivity index (χ1v) is 8.85. The van der Waals surface area contributed by atoms with E-state index in [1.807, 2.05) is 60.4 Å². The summed E-state index contributed by atoms with van der Waals surface area (Å²) in [6.45, 7) is 2.03. The van der Waals surface area contributed by atoms with Crippen molar-refractivity contribution in [3.63, 3.8) is 0 Å². The average Bonchev–Trinajstić information content (AvgIpc) is 3.54. The monoisotopic (exact) mass is 344 g/mol. The number of nitrogens with zero attached hydrogens (tertiary/aromatic N) is 4. The molecule has 1 aromatic carbocycles. The fraction of sp³-hybridized carbons (Fsp3) is 0.238. The van der Waals surface area contributed by atoms with E-state index in [1.54, 1.807) is 18.6 Å². The van der Waals surface area contributed by atoms with E-state index in [2.05, 4.69) is 15.0 Å². The summed E-state index contributed by atoms with van der Waals surface area (Å²) < 4.78 is 0. The first-order valence-electron chi connectivity index (χ1n) is 8.85. The lowest BCUT2D eigenvalue weighted by molar-refractivity contribution is 0.0669. The van der Waals surface area contributed by atoms with Crippen LogP contribution in [0.15, 0.2) is 67.1 Å². The van der Waals surface area contributed by atoms with Gasteiger partial charge in [0.15, 0.2) is 5.82 Å². The number of carbonyl (C=O) groups is 1. The number of carbonyl (C=O) groups excluding carboxylic acids is 1. The van der Waals surface area contributed by atoms with E-state index in [9.17, 15) is 4.79 Å². The van der Waals surface area contributed by atoms with E-state index in [1.165, 1.54) is 0 Å². The highest BCUT2D eigenvalue weighted by Crippen LogP contribution is 2.35. The van der Waals surface area contributed by atoms with Crippen LogP contribution in [-0.2, 0) is 0 Å². The molecule has 0 N–H and O–H groups in total. The molecule has 0 aliphatic heterocycles. The molecule has 2 heterocycles. The molecule has 0 radical (unpaired) electrons. The zero-order valence-electron chi connectivity index (χ0n) is 14.6. The molecule has 1 saturated carbocycles. The predicted molar refractivity (Wildman–Crippen MR) is 99.3 cm³/mol. The van der Waals surface area contributed by atoms with E-state index < -0.39 is 0 Å². The molecule has 0 saturated heterocycles. The van der Waals surface area contributed by atoms with Crippen molar-refractivity contribution in [3.05, 3.63) is 78.4 Å². The van der Waals surface area contributed by atoms with Crippen LogP contribution in [0.2, 0.25) is 0 Å². The lowest BCUT2D eigenvalue weighted by Crippen LogP contribution is -2.36. The minimum absolute atomic E-state index is 0.0368. The Morgan fingerprint density at radius 1 is 1.00 bits per heavy atom. The number of hydrogen-bond donors (Lipinski definition) is 0. The number of hydrogen-bond acceptors (Lipinski definition) is 4. The van der Waals surface area contributed by atoms with Crippen molar-refractivity contribution in [1.82, 2.24) is 19.9 Å². The van der Waals surface area contributed by atoms with Gasteiger partial charge in [-0.2, -0.15) is 0 Å². The Labute approximate surface area is 152 Å². The highest BCUT2D eigenvalue weighted by molar-refractivity contribution is 5.94. The second-order valence-corrected chi connectivity index (χ2v) is 6.54. The molecular formula is C21H20N4O. The van der Waals surface area contributed by atoms with Gasteiger partial charge in [0.05, 0.1) is 17.3 Å². The molecule has 0 spiro atoms. The summed E-state index contributed by atoms with van der Waals surface area (Å²) in [5, 5.41) is 0. The van der Waals surface area contributed by atoms with Gasteiger partial charge in [0, 0.05) is 30.2 Å². The van der Waals surface area contributed by atoms with Crippen molar-refractivity contribution in [3.8, 4) is 11.4 Å². The second-order valence-electron chi connectivity index (χ2n) is 6.54. The third-order valence-corrected chi connectivity index (χ3v) is 4.64. The average molecular weight is 344 g/mol. The van der Waals surface area contributed by atoms with Gasteiger partial charge >= 0.3 is 0 Å². The number of pyridine rings is 1. The van der Waals surface area contributed by atoms with Gasteiger partial charge in [-0.25, -0.2) is 9.97 Å². The van der Waals surface area contributed by atoms with Gasteiger partial charge < -0.3 is 4.90 Å². The van der Waals surface area contributed by atoms with Crippen LogP contribution in [0.1, 0.15) is 41.9 Å². The smallest absolute Gasteiger partial charge is 0.257 e. The fourth-order valence-electron chi connectivity index (χ4n) is 3.10. The van der Waals surface area contributed by atoms with Crippen LogP contribution >= 0.6 is 0 Å². The Morgan fingerprint density at radius 2 is 1.69 bits per heavy atom. The Bertz CT molecular complexity index is 877. The Balaban J connectivity index is 1.58. The molecule has 1 aliphatic carbocycles. The Kier molecular flexibility index (Phi) is 4.44. The van der Waals surface area contributed by atoms with Crippen LogP contribution in [0.25, 0.3) is 11.4 Å². The van der Waals surface area contributed by atoms with Gasteiger partial charge in [0.25, 0.3) is 5.91 Å². The van der Waals surface area contributed by atoms with Crippen LogP contribution in [-0.4, -0.2) is 31.8 Å². The Morgan fingerprint density at radius 3 is 2.31 bits per heavy atom. The molecule has 5 nitrogen and oxygen atoms in total. The molecule has 1 atom stereocenters. The summed E-state index contributed by atoms with van der Waals surface area (Å²) in [6, 6.07) is 15.7. The fourth-order valence-corrected chi connectivity index (χ4v) is 3.10. The number of benzene rings is 1. The largest absolute Gasteiger partial charge is 0.327 e. The van der Waals surface area contributed by atoms with Crippen LogP contribution in [0.4, 0.5) is 0 Å². The second kappa shape index (κ2) is 7.04. The summed E-state index contributed by atoms with van der Waals surface area (Å²) in [5.74, 6) is 0.586. The van der Waals surface area contributed by atoms with Gasteiger partial charge in [0.2, 0.25) is 0 Å². The standard InChI is InChI=1S/C21H20N4O/c1-15(19-9-5-6-12-22-19)25(18-10-11-18)21(26)17-13-23-20(24-14-17)16-7-3-2-4-8-16/h2-9,12-15,18H,10-11H2,1H3/t15-/m1/s1. The maximum absolute atomic E-state index is 13.1. The summed E-state index contributed by atoms with van der Waals surface area (Å²) in [4.78, 5) is 28.2. The molecule has 1 aliphatic rings. The van der Waals surface area contributed by atoms with Crippen molar-refractivity contribution in [2.75, 3.05) is 0 Å². The maximum Gasteiger partial charge on any atom is 0.257 e. The lowest BCUT2D eigenvalue weighted by Gasteiger charge is -2.29. The highest BCUT2D eigenvalue weighted by Gasteiger charge is 2.37. The lowest BCUT2D eigenvalue weighted by atomic mass is 10.1. The van der Waals surface area contributed by atoms with Crippen molar-refractivity contribution in [2.45, 2.75) is 31.8 Å². The van der Waals surface area contributed by atoms with Crippen LogP contribution in [0, 0.1) is 0 Å². The SMILES string of the molecule is C[C@H](c1ccccn1)N(C(=O)c1cnc(-c2ccccc2)nc1)C1CC1. The topological polar surface area (TPSA) is 59.0 Å². The quantitative estimate of drug-likeness (QED) is 0.704. The minimum atomic E-state index is -0.0787. The van der Waals surface area contributed by atoms with E-state index in [0.29, 0.717) is 11.4 Å². The van der Waals surface area contributed by atoms with Gasteiger partial charge in [-0.1, -0.05) is 36.4 Å². The predicted octanol–water partition coefficient (Wildman–Crippen LogP) is 3.90. The number of amides is 1. The number of rotatable bonds is 5. The molecule has 3 aromatic rings. The molecule has 5 heteroatoms. The zero-order valence-corrected chi connectivity index (χ0v) is 14.6. The molecule has 4 rings (SSSR count). The summed E-state index contributed by atoms with van der Waals surface area (Å²) in [7, 11) is 0. The third kappa shape index (κ3) is 3.33. The maximum atomic E-state index is 13.1. The summed E-state index contributed by atoms with van der Waals surface area (Å²) in [6.07, 6.45) is 7.08. The van der Waals surface area contributed by atoms with E-state index in [4.69, 9.17) is 0 Å². The molecule has 2 aromatic heterocycles. The van der Waals surface area contributed by atoms with Crippen LogP contribution < -0.4 is 0 Å². The van der Waals surface area contributed by atoms with Gasteiger partial charge in [-0.3, -0.25) is 9.78 Å². The van der Waals surface area contributed by atoms with E-state index in [0.717, 1.165) is 24.1 Å². The van der Waals surface area contributed by atoms with Crippen molar-refractivity contribution >= 4 is 5.91 Å². The van der Waals surface area contributed by atoms with Gasteiger partial charge in [-0.05, 0) is 31.9 Å². The Hall–Kier alpha value is -3.08. The first kappa shape index (κ1) is 16.4. The third-order valence-electron chi connectivity index (χ3n) is 4.64. The first-order chi connectivity index (χ1) is 12.7. The minimum Gasteiger partial charge on any atom is -0.327 e. The van der Waals surface area contributed by atoms with Crippen LogP contribution in [0.3, 0.4) is 0 Å². The number of aromatic nitrogens is 3. The van der Waals surface area contributed by atoms with Crippen molar-refractivity contribution < 1.29 is 4.79 Å². The molecule has 1 amide bonds. The van der Waals surface area contributed by atoms with E-state index >= 15 is 0 Å². The molecule has 130 valence electrons. The highest BCUT2D eigenvalue weighted by atomic mass is 16.2.